The molecule has 0 radical (unpaired) electrons. The molecular weight excluding hydrogens is 339 g/mol. The van der Waals surface area contributed by atoms with E-state index in [1.807, 2.05) is 32.0 Å². The van der Waals surface area contributed by atoms with Gasteiger partial charge >= 0.3 is 0 Å². The maximum atomic E-state index is 6.00. The van der Waals surface area contributed by atoms with Crippen LogP contribution < -0.4 is 11.1 Å². The lowest BCUT2D eigenvalue weighted by Crippen LogP contribution is -2.08. The van der Waals surface area contributed by atoms with E-state index in [4.69, 9.17) is 10.2 Å². The van der Waals surface area contributed by atoms with Gasteiger partial charge in [-0.2, -0.15) is 0 Å². The zero-order chi connectivity index (χ0) is 13.3. The van der Waals surface area contributed by atoms with Crippen molar-refractivity contribution in [1.82, 2.24) is 0 Å². The fourth-order valence-corrected chi connectivity index (χ4v) is 2.57. The zero-order valence-corrected chi connectivity index (χ0v) is 12.9. The highest BCUT2D eigenvalue weighted by Gasteiger charge is 2.13. The van der Waals surface area contributed by atoms with Gasteiger partial charge in [-0.15, -0.1) is 0 Å². The number of hydrogen-bond acceptors (Lipinski definition) is 3. The first-order valence-electron chi connectivity index (χ1n) is 5.86. The highest BCUT2D eigenvalue weighted by atomic mass is 127. The van der Waals surface area contributed by atoms with Crippen molar-refractivity contribution in [2.24, 2.45) is 0 Å². The topological polar surface area (TPSA) is 51.2 Å². The normalized spacial score (nSPS) is 12.4. The molecule has 0 aliphatic heterocycles. The van der Waals surface area contributed by atoms with Gasteiger partial charge in [-0.1, -0.05) is 0 Å². The van der Waals surface area contributed by atoms with E-state index in [9.17, 15) is 0 Å². The molecule has 0 amide bonds. The molecular formula is C14H17IN2O. The largest absolute Gasteiger partial charge is 0.466 e. The highest BCUT2D eigenvalue weighted by Crippen LogP contribution is 2.28. The number of hydrogen-bond donors (Lipinski definition) is 2. The van der Waals surface area contributed by atoms with Crippen LogP contribution in [-0.2, 0) is 0 Å². The zero-order valence-electron chi connectivity index (χ0n) is 10.8. The number of nitrogens with two attached hydrogens (primary N) is 1. The van der Waals surface area contributed by atoms with Gasteiger partial charge in [0.1, 0.15) is 11.5 Å². The van der Waals surface area contributed by atoms with Crippen LogP contribution in [0.4, 0.5) is 11.4 Å². The molecule has 1 heterocycles. The summed E-state index contributed by atoms with van der Waals surface area (Å²) in [6, 6.07) is 8.25. The lowest BCUT2D eigenvalue weighted by atomic mass is 10.1. The third-order valence-electron chi connectivity index (χ3n) is 2.93. The lowest BCUT2D eigenvalue weighted by molar-refractivity contribution is 0.500. The predicted octanol–water partition coefficient (Wildman–Crippen LogP) is 4.26. The van der Waals surface area contributed by atoms with Gasteiger partial charge in [0.25, 0.3) is 0 Å². The fraction of sp³-hybridized carbons (Fsp3) is 0.286. The summed E-state index contributed by atoms with van der Waals surface area (Å²) >= 11 is 2.25. The molecule has 4 heteroatoms. The first-order chi connectivity index (χ1) is 8.47. The molecule has 2 rings (SSSR count). The first kappa shape index (κ1) is 13.3. The number of anilines is 2. The Labute approximate surface area is 121 Å². The molecule has 0 aliphatic carbocycles. The minimum Gasteiger partial charge on any atom is -0.466 e. The van der Waals surface area contributed by atoms with Crippen LogP contribution >= 0.6 is 22.6 Å². The standard InChI is InChI=1S/C14H17IN2O/c1-8-6-12(10(3)18-8)9(2)17-14-5-4-11(15)7-13(14)16/h4-7,9,17H,16H2,1-3H3. The average Bonchev–Trinajstić information content (AvgIpc) is 2.62. The Morgan fingerprint density at radius 2 is 2.00 bits per heavy atom. The summed E-state index contributed by atoms with van der Waals surface area (Å²) in [4.78, 5) is 0. The molecule has 0 aliphatic rings. The smallest absolute Gasteiger partial charge is 0.106 e. The molecule has 0 saturated heterocycles. The molecule has 96 valence electrons. The van der Waals surface area contributed by atoms with Crippen LogP contribution in [0.2, 0.25) is 0 Å². The predicted molar refractivity (Wildman–Crippen MR) is 83.8 cm³/mol. The summed E-state index contributed by atoms with van der Waals surface area (Å²) in [5.74, 6) is 1.89. The highest BCUT2D eigenvalue weighted by molar-refractivity contribution is 14.1. The number of benzene rings is 1. The number of furan rings is 1. The molecule has 0 bridgehead atoms. The molecule has 1 atom stereocenters. The molecule has 1 aromatic carbocycles. The van der Waals surface area contributed by atoms with E-state index in [1.54, 1.807) is 0 Å². The van der Waals surface area contributed by atoms with E-state index in [2.05, 4.69) is 40.9 Å². The van der Waals surface area contributed by atoms with Crippen molar-refractivity contribution in [1.29, 1.82) is 0 Å². The van der Waals surface area contributed by atoms with Crippen molar-refractivity contribution in [3.63, 3.8) is 0 Å². The average molecular weight is 356 g/mol. The van der Waals surface area contributed by atoms with Gasteiger partial charge in [0.15, 0.2) is 0 Å². The van der Waals surface area contributed by atoms with Crippen LogP contribution in [0.3, 0.4) is 0 Å². The van der Waals surface area contributed by atoms with Crippen LogP contribution in [0.5, 0.6) is 0 Å². The summed E-state index contributed by atoms with van der Waals surface area (Å²) in [5.41, 5.74) is 8.90. The van der Waals surface area contributed by atoms with Crippen LogP contribution in [0.25, 0.3) is 0 Å². The number of halogens is 1. The first-order valence-corrected chi connectivity index (χ1v) is 6.93. The Morgan fingerprint density at radius 3 is 2.56 bits per heavy atom. The van der Waals surface area contributed by atoms with Crippen molar-refractivity contribution in [2.75, 3.05) is 11.1 Å². The molecule has 3 N–H and O–H groups in total. The summed E-state index contributed by atoms with van der Waals surface area (Å²) in [6.07, 6.45) is 0. The van der Waals surface area contributed by atoms with E-state index >= 15 is 0 Å². The number of nitrogens with one attached hydrogen (secondary N) is 1. The molecule has 0 fully saturated rings. The lowest BCUT2D eigenvalue weighted by Gasteiger charge is -2.16. The Hall–Kier alpha value is -1.17. The molecule has 1 aromatic heterocycles. The Balaban J connectivity index is 2.21. The quantitative estimate of drug-likeness (QED) is 0.638. The van der Waals surface area contributed by atoms with Gasteiger partial charge in [-0.3, -0.25) is 0 Å². The van der Waals surface area contributed by atoms with E-state index in [0.717, 1.165) is 26.5 Å². The second kappa shape index (κ2) is 5.22. The van der Waals surface area contributed by atoms with Gasteiger partial charge in [0.2, 0.25) is 0 Å². The minimum absolute atomic E-state index is 0.171. The van der Waals surface area contributed by atoms with Gasteiger partial charge in [-0.05, 0) is 67.6 Å². The Kier molecular flexibility index (Phi) is 3.85. The van der Waals surface area contributed by atoms with Gasteiger partial charge in [0.05, 0.1) is 17.4 Å². The van der Waals surface area contributed by atoms with Crippen LogP contribution in [0.1, 0.15) is 30.0 Å². The molecule has 18 heavy (non-hydrogen) atoms. The third-order valence-corrected chi connectivity index (χ3v) is 3.60. The molecule has 3 nitrogen and oxygen atoms in total. The van der Waals surface area contributed by atoms with Crippen molar-refractivity contribution in [2.45, 2.75) is 26.8 Å². The maximum Gasteiger partial charge on any atom is 0.106 e. The molecule has 0 spiro atoms. The van der Waals surface area contributed by atoms with Crippen LogP contribution in [0, 0.1) is 17.4 Å². The summed E-state index contributed by atoms with van der Waals surface area (Å²) in [5, 5.41) is 3.42. The van der Waals surface area contributed by atoms with Crippen LogP contribution in [-0.4, -0.2) is 0 Å². The van der Waals surface area contributed by atoms with E-state index < -0.39 is 0 Å². The van der Waals surface area contributed by atoms with Crippen molar-refractivity contribution < 1.29 is 4.42 Å². The number of nitrogen functional groups attached to an aromatic ring is 1. The summed E-state index contributed by atoms with van der Waals surface area (Å²) in [6.45, 7) is 6.05. The Morgan fingerprint density at radius 1 is 1.28 bits per heavy atom. The van der Waals surface area contributed by atoms with E-state index in [-0.39, 0.29) is 6.04 Å². The van der Waals surface area contributed by atoms with E-state index in [0.29, 0.717) is 0 Å². The Bertz CT molecular complexity index is 563. The number of aryl methyl sites for hydroxylation is 2. The van der Waals surface area contributed by atoms with E-state index in [1.165, 1.54) is 5.56 Å². The molecule has 0 saturated carbocycles. The summed E-state index contributed by atoms with van der Waals surface area (Å²) < 4.78 is 6.69. The second-order valence-corrected chi connectivity index (χ2v) is 5.71. The van der Waals surface area contributed by atoms with Gasteiger partial charge in [0, 0.05) is 9.13 Å². The monoisotopic (exact) mass is 356 g/mol. The van der Waals surface area contributed by atoms with Gasteiger partial charge in [-0.25, -0.2) is 0 Å². The van der Waals surface area contributed by atoms with Crippen LogP contribution in [0.15, 0.2) is 28.7 Å². The molecule has 1 unspecified atom stereocenters. The minimum atomic E-state index is 0.171. The number of rotatable bonds is 3. The SMILES string of the molecule is Cc1cc(C(C)Nc2ccc(I)cc2N)c(C)o1. The van der Waals surface area contributed by atoms with Crippen molar-refractivity contribution in [3.8, 4) is 0 Å². The second-order valence-electron chi connectivity index (χ2n) is 4.47. The van der Waals surface area contributed by atoms with Crippen molar-refractivity contribution >= 4 is 34.0 Å². The van der Waals surface area contributed by atoms with Crippen molar-refractivity contribution in [3.05, 3.63) is 44.9 Å². The fourth-order valence-electron chi connectivity index (χ4n) is 2.06. The summed E-state index contributed by atoms with van der Waals surface area (Å²) in [7, 11) is 0. The molecule has 2 aromatic rings. The third kappa shape index (κ3) is 2.80. The van der Waals surface area contributed by atoms with Gasteiger partial charge < -0.3 is 15.5 Å². The maximum absolute atomic E-state index is 6.00.